The van der Waals surface area contributed by atoms with Crippen LogP contribution in [-0.2, 0) is 0 Å². The second-order valence-electron chi connectivity index (χ2n) is 12.2. The average Bonchev–Trinajstić information content (AvgIpc) is 3.25. The first kappa shape index (κ1) is 28.2. The lowest BCUT2D eigenvalue weighted by atomic mass is 9.53. The molecule has 33 heavy (non-hydrogen) atoms. The topological polar surface area (TPSA) is 0 Å². The van der Waals surface area contributed by atoms with Gasteiger partial charge in [-0.1, -0.05) is 99.1 Å². The Kier molecular flexibility index (Phi) is 11.2. The number of rotatable bonds is 4. The maximum Gasteiger partial charge on any atom is 0.0345 e. The van der Waals surface area contributed by atoms with Crippen molar-refractivity contribution in [3.63, 3.8) is 0 Å². The van der Waals surface area contributed by atoms with Crippen LogP contribution < -0.4 is 0 Å². The highest BCUT2D eigenvalue weighted by Gasteiger charge is 2.45. The second-order valence-corrected chi connectivity index (χ2v) is 13.3. The fourth-order valence-corrected chi connectivity index (χ4v) is 6.92. The van der Waals surface area contributed by atoms with Gasteiger partial charge in [0.2, 0.25) is 0 Å². The molecule has 1 aromatic heterocycles. The highest BCUT2D eigenvalue weighted by atomic mass is 32.1. The van der Waals surface area contributed by atoms with E-state index in [9.17, 15) is 0 Å². The molecule has 2 aliphatic carbocycles. The van der Waals surface area contributed by atoms with Crippen molar-refractivity contribution >= 4 is 11.3 Å². The van der Waals surface area contributed by atoms with Gasteiger partial charge in [0.25, 0.3) is 0 Å². The van der Waals surface area contributed by atoms with Crippen molar-refractivity contribution in [2.75, 3.05) is 0 Å². The summed E-state index contributed by atoms with van der Waals surface area (Å²) in [5, 5.41) is 0. The molecule has 0 saturated heterocycles. The van der Waals surface area contributed by atoms with Crippen LogP contribution in [0.2, 0.25) is 0 Å². The monoisotopic (exact) mass is 468 g/mol. The maximum atomic E-state index is 2.47. The van der Waals surface area contributed by atoms with E-state index < -0.39 is 0 Å². The predicted molar refractivity (Wildman–Crippen MR) is 151 cm³/mol. The zero-order valence-electron chi connectivity index (χ0n) is 23.2. The van der Waals surface area contributed by atoms with Gasteiger partial charge in [0.15, 0.2) is 0 Å². The van der Waals surface area contributed by atoms with Gasteiger partial charge in [-0.2, -0.15) is 0 Å². The summed E-state index contributed by atoms with van der Waals surface area (Å²) in [5.74, 6) is 5.46. The maximum absolute atomic E-state index is 2.47. The minimum atomic E-state index is 0.637. The molecule has 4 rings (SSSR count). The molecule has 2 fully saturated rings. The summed E-state index contributed by atoms with van der Waals surface area (Å²) < 4.78 is 0. The van der Waals surface area contributed by atoms with E-state index in [0.717, 1.165) is 35.0 Å². The van der Waals surface area contributed by atoms with Gasteiger partial charge < -0.3 is 0 Å². The zero-order valence-corrected chi connectivity index (χ0v) is 24.0. The molecular formula is C32H52S. The summed E-state index contributed by atoms with van der Waals surface area (Å²) in [4.78, 5) is 2.83. The van der Waals surface area contributed by atoms with E-state index in [0.29, 0.717) is 5.92 Å². The Morgan fingerprint density at radius 3 is 1.79 bits per heavy atom. The van der Waals surface area contributed by atoms with Crippen LogP contribution in [0.4, 0.5) is 0 Å². The molecule has 2 atom stereocenters. The van der Waals surface area contributed by atoms with Gasteiger partial charge in [0, 0.05) is 9.75 Å². The van der Waals surface area contributed by atoms with Crippen LogP contribution >= 0.6 is 11.3 Å². The molecule has 0 N–H and O–H groups in total. The minimum absolute atomic E-state index is 0.637. The Hall–Kier alpha value is -1.08. The third-order valence-corrected chi connectivity index (χ3v) is 9.41. The van der Waals surface area contributed by atoms with Gasteiger partial charge in [-0.05, 0) is 90.7 Å². The summed E-state index contributed by atoms with van der Waals surface area (Å²) in [6.45, 7) is 21.0. The molecule has 2 aliphatic rings. The second kappa shape index (κ2) is 13.1. The van der Waals surface area contributed by atoms with E-state index in [2.05, 4.69) is 105 Å². The lowest BCUT2D eigenvalue weighted by Crippen LogP contribution is -2.42. The molecule has 186 valence electrons. The fraction of sp³-hybridized carbons (Fsp3) is 0.688. The van der Waals surface area contributed by atoms with Gasteiger partial charge in [-0.15, -0.1) is 11.3 Å². The third-order valence-electron chi connectivity index (χ3n) is 7.97. The standard InChI is InChI=1S/C14H26.C13H14S.C5H12/c1-10(2)14-7-11(3)5-13(9-14)6-12(4)8-14;1-10(2)12-8-9-13(14-12)11-6-4-3-5-7-11;1-4-5(2)3/h10-13H,5-9H2,1-4H3;3-10H,1-2H3;5H,4H2,1-3H3. The van der Waals surface area contributed by atoms with E-state index in [1.165, 1.54) is 47.4 Å². The molecule has 0 aliphatic heterocycles. The first-order chi connectivity index (χ1) is 15.6. The van der Waals surface area contributed by atoms with E-state index >= 15 is 0 Å². The molecule has 2 aromatic rings. The van der Waals surface area contributed by atoms with E-state index in [1.54, 1.807) is 6.42 Å². The Labute approximate surface area is 210 Å². The number of benzene rings is 1. The van der Waals surface area contributed by atoms with Crippen LogP contribution in [0.25, 0.3) is 10.4 Å². The molecule has 1 aromatic carbocycles. The van der Waals surface area contributed by atoms with E-state index in [1.807, 2.05) is 11.3 Å². The summed E-state index contributed by atoms with van der Waals surface area (Å²) in [6.07, 6.45) is 8.88. The normalized spacial score (nSPS) is 26.5. The van der Waals surface area contributed by atoms with Crippen LogP contribution in [-0.4, -0.2) is 0 Å². The van der Waals surface area contributed by atoms with Crippen molar-refractivity contribution in [3.05, 3.63) is 47.3 Å². The van der Waals surface area contributed by atoms with Gasteiger partial charge in [0.05, 0.1) is 0 Å². The fourth-order valence-electron chi connectivity index (χ4n) is 5.91. The van der Waals surface area contributed by atoms with Crippen molar-refractivity contribution in [1.82, 2.24) is 0 Å². The quantitative estimate of drug-likeness (QED) is 0.418. The Morgan fingerprint density at radius 1 is 0.818 bits per heavy atom. The molecule has 1 heteroatoms. The SMILES string of the molecule is CC(C)c1ccc(-c2ccccc2)s1.CC1CC2CC(C)CC(C(C)C)(C1)C2.CCC(C)C. The van der Waals surface area contributed by atoms with Gasteiger partial charge >= 0.3 is 0 Å². The molecule has 2 unspecified atom stereocenters. The number of thiophene rings is 1. The van der Waals surface area contributed by atoms with Gasteiger partial charge in [-0.25, -0.2) is 0 Å². The van der Waals surface area contributed by atoms with Gasteiger partial charge in [0.1, 0.15) is 0 Å². The van der Waals surface area contributed by atoms with Crippen molar-refractivity contribution in [2.24, 2.45) is 35.0 Å². The average molecular weight is 469 g/mol. The van der Waals surface area contributed by atoms with Crippen LogP contribution in [0, 0.1) is 35.0 Å². The highest BCUT2D eigenvalue weighted by Crippen LogP contribution is 2.56. The Balaban J connectivity index is 0.000000195. The first-order valence-corrected chi connectivity index (χ1v) is 14.5. The van der Waals surface area contributed by atoms with Crippen LogP contribution in [0.15, 0.2) is 42.5 Å². The Bertz CT molecular complexity index is 762. The van der Waals surface area contributed by atoms with Crippen LogP contribution in [0.1, 0.15) is 112 Å². The number of fused-ring (bicyclic) bond motifs is 2. The van der Waals surface area contributed by atoms with Crippen LogP contribution in [0.5, 0.6) is 0 Å². The minimum Gasteiger partial charge on any atom is -0.140 e. The van der Waals surface area contributed by atoms with Crippen molar-refractivity contribution in [2.45, 2.75) is 107 Å². The van der Waals surface area contributed by atoms with E-state index in [-0.39, 0.29) is 0 Å². The van der Waals surface area contributed by atoms with Crippen molar-refractivity contribution < 1.29 is 0 Å². The highest BCUT2D eigenvalue weighted by molar-refractivity contribution is 7.15. The van der Waals surface area contributed by atoms with Crippen molar-refractivity contribution in [1.29, 1.82) is 0 Å². The molecule has 0 amide bonds. The summed E-state index contributed by atoms with van der Waals surface area (Å²) in [5.41, 5.74) is 2.05. The molecule has 2 saturated carbocycles. The lowest BCUT2D eigenvalue weighted by Gasteiger charge is -2.52. The first-order valence-electron chi connectivity index (χ1n) is 13.7. The molecule has 0 radical (unpaired) electrons. The molecule has 1 heterocycles. The molecule has 0 spiro atoms. The summed E-state index contributed by atoms with van der Waals surface area (Å²) >= 11 is 1.89. The number of hydrogen-bond acceptors (Lipinski definition) is 1. The third kappa shape index (κ3) is 8.57. The number of hydrogen-bond donors (Lipinski definition) is 0. The lowest BCUT2D eigenvalue weighted by molar-refractivity contribution is -0.0176. The smallest absolute Gasteiger partial charge is 0.0345 e. The van der Waals surface area contributed by atoms with Gasteiger partial charge in [-0.3, -0.25) is 0 Å². The van der Waals surface area contributed by atoms with Crippen LogP contribution in [0.3, 0.4) is 0 Å². The van der Waals surface area contributed by atoms with Crippen molar-refractivity contribution in [3.8, 4) is 10.4 Å². The summed E-state index contributed by atoms with van der Waals surface area (Å²) in [7, 11) is 0. The predicted octanol–water partition coefficient (Wildman–Crippen LogP) is 11.1. The largest absolute Gasteiger partial charge is 0.140 e. The summed E-state index contributed by atoms with van der Waals surface area (Å²) in [6, 6.07) is 15.0. The molecular weight excluding hydrogens is 416 g/mol. The molecule has 0 nitrogen and oxygen atoms in total. The van der Waals surface area contributed by atoms with E-state index in [4.69, 9.17) is 0 Å². The Morgan fingerprint density at radius 2 is 1.36 bits per heavy atom. The molecule has 2 bridgehead atoms. The zero-order chi connectivity index (χ0) is 24.6.